The van der Waals surface area contributed by atoms with E-state index in [2.05, 4.69) is 0 Å². The van der Waals surface area contributed by atoms with E-state index in [1.807, 2.05) is 6.07 Å². The molecule has 6 nitrogen and oxygen atoms in total. The van der Waals surface area contributed by atoms with Gasteiger partial charge in [-0.1, -0.05) is 12.1 Å². The molecule has 0 aliphatic rings. The first kappa shape index (κ1) is 18.7. The highest BCUT2D eigenvalue weighted by Gasteiger charge is 2.12. The number of carbonyl (C=O) groups excluding carboxylic acids is 2. The van der Waals surface area contributed by atoms with Crippen molar-refractivity contribution in [3.8, 4) is 17.6 Å². The number of hydrogen-bond acceptors (Lipinski definition) is 6. The molecular formula is C20H17NO5. The molecule has 0 heterocycles. The Morgan fingerprint density at radius 1 is 1.04 bits per heavy atom. The summed E-state index contributed by atoms with van der Waals surface area (Å²) in [4.78, 5) is 23.9. The summed E-state index contributed by atoms with van der Waals surface area (Å²) in [5.74, 6) is -0.0638. The largest absolute Gasteiger partial charge is 0.493 e. The number of methoxy groups -OCH3 is 2. The van der Waals surface area contributed by atoms with Crippen LogP contribution in [0.4, 0.5) is 0 Å². The Morgan fingerprint density at radius 2 is 1.73 bits per heavy atom. The minimum atomic E-state index is -0.636. The highest BCUT2D eigenvalue weighted by atomic mass is 16.5. The molecule has 0 N–H and O–H groups in total. The molecule has 2 aromatic carbocycles. The van der Waals surface area contributed by atoms with E-state index in [0.717, 1.165) is 5.56 Å². The van der Waals surface area contributed by atoms with Gasteiger partial charge in [-0.2, -0.15) is 5.26 Å². The van der Waals surface area contributed by atoms with Gasteiger partial charge in [0.25, 0.3) is 0 Å². The van der Waals surface area contributed by atoms with Crippen molar-refractivity contribution < 1.29 is 23.8 Å². The number of hydrogen-bond donors (Lipinski definition) is 0. The van der Waals surface area contributed by atoms with Crippen LogP contribution in [0.25, 0.3) is 6.08 Å². The molecule has 2 aromatic rings. The Hall–Kier alpha value is -3.59. The number of Topliss-reactive ketones (excluding diaryl/α,β-unsaturated/α-hetero) is 1. The molecule has 0 radical (unpaired) electrons. The van der Waals surface area contributed by atoms with Crippen LogP contribution in [0.1, 0.15) is 21.5 Å². The van der Waals surface area contributed by atoms with Crippen molar-refractivity contribution in [3.05, 3.63) is 65.2 Å². The third-order valence-electron chi connectivity index (χ3n) is 3.50. The Balaban J connectivity index is 1.93. The standard InChI is InChI=1S/C20H17NO5/c1-24-18-9-8-16(11-19(18)25-2)17(22)13-26-20(23)10-7-14-3-5-15(12-21)6-4-14/h3-11H,13H2,1-2H3/b10-7+. The third-order valence-corrected chi connectivity index (χ3v) is 3.50. The van der Waals surface area contributed by atoms with Crippen molar-refractivity contribution in [1.29, 1.82) is 5.26 Å². The molecule has 0 unspecified atom stereocenters. The zero-order valence-electron chi connectivity index (χ0n) is 14.4. The summed E-state index contributed by atoms with van der Waals surface area (Å²) >= 11 is 0. The molecule has 0 spiro atoms. The minimum Gasteiger partial charge on any atom is -0.493 e. The maximum Gasteiger partial charge on any atom is 0.331 e. The topological polar surface area (TPSA) is 85.6 Å². The van der Waals surface area contributed by atoms with Crippen LogP contribution in [-0.2, 0) is 9.53 Å². The molecule has 0 amide bonds. The van der Waals surface area contributed by atoms with Crippen LogP contribution in [0.3, 0.4) is 0 Å². The zero-order valence-corrected chi connectivity index (χ0v) is 14.4. The molecule has 26 heavy (non-hydrogen) atoms. The second kappa shape index (κ2) is 9.04. The normalized spacial score (nSPS) is 10.2. The van der Waals surface area contributed by atoms with E-state index >= 15 is 0 Å². The highest BCUT2D eigenvalue weighted by Crippen LogP contribution is 2.27. The number of ketones is 1. The number of nitrogens with zero attached hydrogens (tertiary/aromatic N) is 1. The van der Waals surface area contributed by atoms with Gasteiger partial charge in [-0.3, -0.25) is 4.79 Å². The number of ether oxygens (including phenoxy) is 3. The molecule has 0 aliphatic carbocycles. The number of esters is 1. The SMILES string of the molecule is COc1ccc(C(=O)COC(=O)/C=C/c2ccc(C#N)cc2)cc1OC. The van der Waals surface area contributed by atoms with Crippen molar-refractivity contribution in [3.63, 3.8) is 0 Å². The van der Waals surface area contributed by atoms with Gasteiger partial charge in [-0.05, 0) is 42.0 Å². The Bertz CT molecular complexity index is 863. The van der Waals surface area contributed by atoms with E-state index in [1.165, 1.54) is 26.4 Å². The molecule has 0 fully saturated rings. The van der Waals surface area contributed by atoms with Gasteiger partial charge in [-0.15, -0.1) is 0 Å². The average Bonchev–Trinajstić information content (AvgIpc) is 2.70. The van der Waals surface area contributed by atoms with Crippen LogP contribution in [0, 0.1) is 11.3 Å². The van der Waals surface area contributed by atoms with Gasteiger partial charge in [0.1, 0.15) is 0 Å². The maximum atomic E-state index is 12.1. The van der Waals surface area contributed by atoms with Crippen LogP contribution in [0.15, 0.2) is 48.5 Å². The quantitative estimate of drug-likeness (QED) is 0.433. The molecule has 132 valence electrons. The van der Waals surface area contributed by atoms with E-state index < -0.39 is 5.97 Å². The molecule has 0 aromatic heterocycles. The molecule has 0 saturated carbocycles. The number of rotatable bonds is 7. The van der Waals surface area contributed by atoms with E-state index in [0.29, 0.717) is 22.6 Å². The van der Waals surface area contributed by atoms with Crippen molar-refractivity contribution >= 4 is 17.8 Å². The first-order chi connectivity index (χ1) is 12.6. The second-order valence-corrected chi connectivity index (χ2v) is 5.17. The van der Waals surface area contributed by atoms with Crippen LogP contribution >= 0.6 is 0 Å². The van der Waals surface area contributed by atoms with Gasteiger partial charge in [0.15, 0.2) is 23.9 Å². The minimum absolute atomic E-state index is 0.353. The summed E-state index contributed by atoms with van der Waals surface area (Å²) in [6.45, 7) is -0.383. The van der Waals surface area contributed by atoms with Crippen LogP contribution < -0.4 is 9.47 Å². The van der Waals surface area contributed by atoms with Crippen molar-refractivity contribution in [2.75, 3.05) is 20.8 Å². The van der Waals surface area contributed by atoms with Crippen LogP contribution in [0.5, 0.6) is 11.5 Å². The third kappa shape index (κ3) is 4.95. The van der Waals surface area contributed by atoms with E-state index in [1.54, 1.807) is 42.5 Å². The zero-order chi connectivity index (χ0) is 18.9. The molecule has 0 saturated heterocycles. The first-order valence-corrected chi connectivity index (χ1v) is 7.67. The fraction of sp³-hybridized carbons (Fsp3) is 0.150. The van der Waals surface area contributed by atoms with Crippen molar-refractivity contribution in [2.45, 2.75) is 0 Å². The van der Waals surface area contributed by atoms with Crippen LogP contribution in [0.2, 0.25) is 0 Å². The number of carbonyl (C=O) groups is 2. The van der Waals surface area contributed by atoms with Gasteiger partial charge in [0.05, 0.1) is 25.9 Å². The van der Waals surface area contributed by atoms with Gasteiger partial charge in [0.2, 0.25) is 0 Å². The molecular weight excluding hydrogens is 334 g/mol. The predicted molar refractivity (Wildman–Crippen MR) is 95.0 cm³/mol. The van der Waals surface area contributed by atoms with Crippen LogP contribution in [-0.4, -0.2) is 32.6 Å². The Kier molecular flexibility index (Phi) is 6.52. The lowest BCUT2D eigenvalue weighted by Gasteiger charge is -2.09. The Morgan fingerprint density at radius 3 is 2.35 bits per heavy atom. The summed E-state index contributed by atoms with van der Waals surface area (Å²) in [6.07, 6.45) is 2.77. The second-order valence-electron chi connectivity index (χ2n) is 5.17. The molecule has 2 rings (SSSR count). The molecule has 0 bridgehead atoms. The summed E-state index contributed by atoms with van der Waals surface area (Å²) in [7, 11) is 2.97. The van der Waals surface area contributed by atoms with Gasteiger partial charge in [-0.25, -0.2) is 4.79 Å². The number of benzene rings is 2. The maximum absolute atomic E-state index is 12.1. The fourth-order valence-corrected chi connectivity index (χ4v) is 2.11. The fourth-order valence-electron chi connectivity index (χ4n) is 2.11. The summed E-state index contributed by atoms with van der Waals surface area (Å²) in [6, 6.07) is 13.4. The summed E-state index contributed by atoms with van der Waals surface area (Å²) in [5.41, 5.74) is 1.63. The van der Waals surface area contributed by atoms with Gasteiger partial charge < -0.3 is 14.2 Å². The Labute approximate surface area is 151 Å². The lowest BCUT2D eigenvalue weighted by Crippen LogP contribution is -2.12. The van der Waals surface area contributed by atoms with Gasteiger partial charge >= 0.3 is 5.97 Å². The van der Waals surface area contributed by atoms with E-state index in [4.69, 9.17) is 19.5 Å². The molecule has 6 heteroatoms. The van der Waals surface area contributed by atoms with Gasteiger partial charge in [0, 0.05) is 11.6 Å². The summed E-state index contributed by atoms with van der Waals surface area (Å²) in [5, 5.41) is 8.74. The monoisotopic (exact) mass is 351 g/mol. The first-order valence-electron chi connectivity index (χ1n) is 7.67. The lowest BCUT2D eigenvalue weighted by atomic mass is 10.1. The van der Waals surface area contributed by atoms with Crippen molar-refractivity contribution in [1.82, 2.24) is 0 Å². The smallest absolute Gasteiger partial charge is 0.331 e. The average molecular weight is 351 g/mol. The van der Waals surface area contributed by atoms with E-state index in [9.17, 15) is 9.59 Å². The predicted octanol–water partition coefficient (Wildman–Crippen LogP) is 3.01. The van der Waals surface area contributed by atoms with E-state index in [-0.39, 0.29) is 12.4 Å². The molecule has 0 aliphatic heterocycles. The summed E-state index contributed by atoms with van der Waals surface area (Å²) < 4.78 is 15.2. The highest BCUT2D eigenvalue weighted by molar-refractivity contribution is 5.99. The van der Waals surface area contributed by atoms with Crippen molar-refractivity contribution in [2.24, 2.45) is 0 Å². The number of nitriles is 1. The molecule has 0 atom stereocenters. The lowest BCUT2D eigenvalue weighted by molar-refractivity contribution is -0.136.